The van der Waals surface area contributed by atoms with Gasteiger partial charge in [0.25, 0.3) is 5.89 Å². The molecule has 0 fully saturated rings. The molecule has 2 N–H and O–H groups in total. The molecule has 0 saturated heterocycles. The van der Waals surface area contributed by atoms with E-state index in [-0.39, 0.29) is 13.2 Å². The molecule has 2 heterocycles. The Morgan fingerprint density at radius 2 is 1.73 bits per heavy atom. The lowest BCUT2D eigenvalue weighted by molar-refractivity contribution is 0.0531. The first-order chi connectivity index (χ1) is 15.9. The van der Waals surface area contributed by atoms with E-state index in [2.05, 4.69) is 46.9 Å². The Hall–Kier alpha value is -2.97. The fourth-order valence-electron chi connectivity index (χ4n) is 3.82. The lowest BCUT2D eigenvalue weighted by Crippen LogP contribution is -2.24. The Balaban J connectivity index is 1.90. The predicted octanol–water partition coefficient (Wildman–Crippen LogP) is 3.81. The van der Waals surface area contributed by atoms with Gasteiger partial charge in [-0.1, -0.05) is 19.0 Å². The molecule has 33 heavy (non-hydrogen) atoms. The van der Waals surface area contributed by atoms with E-state index in [1.54, 1.807) is 6.20 Å². The van der Waals surface area contributed by atoms with Gasteiger partial charge in [0.2, 0.25) is 5.82 Å². The SMILES string of the molecule is CCc1cc(-c2nc(-c3cc(C)c(OCC(O)CO)c(CC)c3)no2)cnc1N(CC)CC. The summed E-state index contributed by atoms with van der Waals surface area (Å²) in [5.41, 5.74) is 4.65. The molecule has 0 aliphatic rings. The monoisotopic (exact) mass is 454 g/mol. The molecule has 0 aliphatic heterocycles. The van der Waals surface area contributed by atoms with Gasteiger partial charge in [-0.15, -0.1) is 0 Å². The molecule has 8 heteroatoms. The summed E-state index contributed by atoms with van der Waals surface area (Å²) < 4.78 is 11.4. The minimum absolute atomic E-state index is 0.0340. The second-order valence-corrected chi connectivity index (χ2v) is 7.94. The maximum absolute atomic E-state index is 9.62. The Morgan fingerprint density at radius 1 is 1.03 bits per heavy atom. The minimum atomic E-state index is -0.914. The summed E-state index contributed by atoms with van der Waals surface area (Å²) >= 11 is 0. The second-order valence-electron chi connectivity index (χ2n) is 7.94. The number of aromatic nitrogens is 3. The van der Waals surface area contributed by atoms with Crippen molar-refractivity contribution >= 4 is 5.82 Å². The van der Waals surface area contributed by atoms with E-state index in [1.165, 1.54) is 0 Å². The van der Waals surface area contributed by atoms with E-state index in [1.807, 2.05) is 26.0 Å². The number of hydrogen-bond acceptors (Lipinski definition) is 8. The van der Waals surface area contributed by atoms with Gasteiger partial charge in [-0.2, -0.15) is 4.98 Å². The molecular weight excluding hydrogens is 420 g/mol. The third-order valence-electron chi connectivity index (χ3n) is 5.68. The Bertz CT molecular complexity index is 1060. The standard InChI is InChI=1S/C25H34N4O4/c1-6-17-11-19(10-16(5)22(17)32-15-21(31)14-30)23-27-25(33-28-23)20-12-18(7-2)24(26-13-20)29(8-3)9-4/h10-13,21,30-31H,6-9,14-15H2,1-5H3. The normalized spacial score (nSPS) is 12.1. The number of aliphatic hydroxyl groups excluding tert-OH is 2. The average Bonchev–Trinajstić information content (AvgIpc) is 3.33. The van der Waals surface area contributed by atoms with Crippen LogP contribution in [0.15, 0.2) is 28.9 Å². The Labute approximate surface area is 195 Å². The molecule has 1 aromatic carbocycles. The van der Waals surface area contributed by atoms with Gasteiger partial charge in [0, 0.05) is 24.8 Å². The van der Waals surface area contributed by atoms with Crippen LogP contribution in [0, 0.1) is 6.92 Å². The maximum Gasteiger partial charge on any atom is 0.259 e. The van der Waals surface area contributed by atoms with Gasteiger partial charge in [-0.05, 0) is 68.5 Å². The summed E-state index contributed by atoms with van der Waals surface area (Å²) in [5, 5.41) is 22.9. The van der Waals surface area contributed by atoms with E-state index < -0.39 is 6.10 Å². The number of aryl methyl sites for hydroxylation is 3. The van der Waals surface area contributed by atoms with Crippen LogP contribution in [0.5, 0.6) is 5.75 Å². The first kappa shape index (κ1) is 24.7. The molecule has 1 atom stereocenters. The number of anilines is 1. The Kier molecular flexibility index (Phi) is 8.41. The van der Waals surface area contributed by atoms with Crippen molar-refractivity contribution < 1.29 is 19.5 Å². The van der Waals surface area contributed by atoms with Gasteiger partial charge in [0.15, 0.2) is 0 Å². The van der Waals surface area contributed by atoms with Crippen molar-refractivity contribution in [1.29, 1.82) is 0 Å². The quantitative estimate of drug-likeness (QED) is 0.451. The number of pyridine rings is 1. The highest BCUT2D eigenvalue weighted by molar-refractivity contribution is 5.65. The van der Waals surface area contributed by atoms with Crippen LogP contribution in [0.25, 0.3) is 22.8 Å². The molecule has 0 spiro atoms. The van der Waals surface area contributed by atoms with Crippen LogP contribution in [0.3, 0.4) is 0 Å². The van der Waals surface area contributed by atoms with Crippen molar-refractivity contribution in [3.05, 3.63) is 41.1 Å². The first-order valence-corrected chi connectivity index (χ1v) is 11.6. The van der Waals surface area contributed by atoms with Crippen molar-refractivity contribution in [3.63, 3.8) is 0 Å². The summed E-state index contributed by atoms with van der Waals surface area (Å²) in [6.07, 6.45) is 2.47. The van der Waals surface area contributed by atoms with Crippen molar-refractivity contribution in [2.24, 2.45) is 0 Å². The number of aliphatic hydroxyl groups is 2. The zero-order valence-corrected chi connectivity index (χ0v) is 20.1. The lowest BCUT2D eigenvalue weighted by atomic mass is 10.0. The fourth-order valence-corrected chi connectivity index (χ4v) is 3.82. The lowest BCUT2D eigenvalue weighted by Gasteiger charge is -2.22. The molecule has 0 radical (unpaired) electrons. The van der Waals surface area contributed by atoms with Crippen LogP contribution < -0.4 is 9.64 Å². The van der Waals surface area contributed by atoms with E-state index >= 15 is 0 Å². The van der Waals surface area contributed by atoms with Crippen LogP contribution in [0.1, 0.15) is 44.4 Å². The summed E-state index contributed by atoms with van der Waals surface area (Å²) in [6.45, 7) is 11.8. The highest BCUT2D eigenvalue weighted by Gasteiger charge is 2.18. The van der Waals surface area contributed by atoms with Crippen LogP contribution in [-0.4, -0.2) is 57.7 Å². The van der Waals surface area contributed by atoms with Crippen LogP contribution in [0.4, 0.5) is 5.82 Å². The smallest absolute Gasteiger partial charge is 0.259 e. The highest BCUT2D eigenvalue weighted by atomic mass is 16.5. The number of rotatable bonds is 11. The van der Waals surface area contributed by atoms with Crippen LogP contribution >= 0.6 is 0 Å². The fraction of sp³-hybridized carbons (Fsp3) is 0.480. The molecule has 0 aliphatic carbocycles. The summed E-state index contributed by atoms with van der Waals surface area (Å²) in [6, 6.07) is 5.99. The molecule has 1 unspecified atom stereocenters. The van der Waals surface area contributed by atoms with Gasteiger partial charge >= 0.3 is 0 Å². The molecular formula is C25H34N4O4. The summed E-state index contributed by atoms with van der Waals surface area (Å²) in [4.78, 5) is 11.6. The van der Waals surface area contributed by atoms with Gasteiger partial charge < -0.3 is 24.4 Å². The van der Waals surface area contributed by atoms with Gasteiger partial charge in [0.1, 0.15) is 24.3 Å². The van der Waals surface area contributed by atoms with Crippen LogP contribution in [0.2, 0.25) is 0 Å². The van der Waals surface area contributed by atoms with Crippen molar-refractivity contribution in [2.45, 2.75) is 53.6 Å². The van der Waals surface area contributed by atoms with E-state index in [0.29, 0.717) is 17.5 Å². The minimum Gasteiger partial charge on any atom is -0.490 e. The maximum atomic E-state index is 9.62. The zero-order chi connectivity index (χ0) is 24.0. The van der Waals surface area contributed by atoms with Crippen molar-refractivity contribution in [2.75, 3.05) is 31.2 Å². The second kappa shape index (κ2) is 11.2. The number of benzene rings is 1. The van der Waals surface area contributed by atoms with Crippen molar-refractivity contribution in [1.82, 2.24) is 15.1 Å². The molecule has 8 nitrogen and oxygen atoms in total. The molecule has 0 amide bonds. The van der Waals surface area contributed by atoms with E-state index in [9.17, 15) is 5.11 Å². The summed E-state index contributed by atoms with van der Waals surface area (Å²) in [5.74, 6) is 2.63. The number of nitrogens with zero attached hydrogens (tertiary/aromatic N) is 4. The topological polar surface area (TPSA) is 105 Å². The average molecular weight is 455 g/mol. The van der Waals surface area contributed by atoms with Gasteiger partial charge in [-0.3, -0.25) is 0 Å². The third kappa shape index (κ3) is 5.51. The van der Waals surface area contributed by atoms with Gasteiger partial charge in [0.05, 0.1) is 12.2 Å². The molecule has 0 saturated carbocycles. The molecule has 178 valence electrons. The predicted molar refractivity (Wildman–Crippen MR) is 129 cm³/mol. The number of hydrogen-bond donors (Lipinski definition) is 2. The molecule has 2 aromatic heterocycles. The molecule has 3 aromatic rings. The summed E-state index contributed by atoms with van der Waals surface area (Å²) in [7, 11) is 0. The highest BCUT2D eigenvalue weighted by Crippen LogP contribution is 2.32. The molecule has 0 bridgehead atoms. The zero-order valence-electron chi connectivity index (χ0n) is 20.1. The Morgan fingerprint density at radius 3 is 2.36 bits per heavy atom. The molecule has 3 rings (SSSR count). The van der Waals surface area contributed by atoms with Crippen molar-refractivity contribution in [3.8, 4) is 28.6 Å². The van der Waals surface area contributed by atoms with E-state index in [4.69, 9.17) is 14.4 Å². The van der Waals surface area contributed by atoms with Gasteiger partial charge in [-0.25, -0.2) is 4.98 Å². The third-order valence-corrected chi connectivity index (χ3v) is 5.68. The number of ether oxygens (including phenoxy) is 1. The first-order valence-electron chi connectivity index (χ1n) is 11.6. The van der Waals surface area contributed by atoms with E-state index in [0.717, 1.165) is 59.6 Å². The van der Waals surface area contributed by atoms with Crippen LogP contribution in [-0.2, 0) is 12.8 Å². The largest absolute Gasteiger partial charge is 0.490 e.